The molecule has 5 saturated heterocycles. The lowest BCUT2D eigenvalue weighted by atomic mass is 9.03. The van der Waals surface area contributed by atoms with E-state index in [1.165, 1.54) is 7.28 Å². The van der Waals surface area contributed by atoms with E-state index >= 15 is 0 Å². The monoisotopic (exact) mass is 556 g/mol. The van der Waals surface area contributed by atoms with Gasteiger partial charge in [-0.2, -0.15) is 11.8 Å². The zero-order chi connectivity index (χ0) is 24.6. The number of hydrogen-bond donors (Lipinski definition) is 0. The van der Waals surface area contributed by atoms with Crippen molar-refractivity contribution in [2.24, 2.45) is 110 Å². The van der Waals surface area contributed by atoms with E-state index in [1.807, 2.05) is 5.47 Å². The Morgan fingerprint density at radius 2 is 1.37 bits per heavy atom. The van der Waals surface area contributed by atoms with Gasteiger partial charge in [-0.15, -0.1) is 10.9 Å². The molecule has 6 heterocycles. The molecule has 0 aromatic rings. The fourth-order valence-corrected chi connectivity index (χ4v) is 25.4. The number of rotatable bonds is 0. The van der Waals surface area contributed by atoms with Crippen molar-refractivity contribution in [2.75, 3.05) is 0 Å². The van der Waals surface area contributed by atoms with E-state index in [1.54, 1.807) is 33.0 Å². The zero-order valence-corrected chi connectivity index (χ0v) is 24.0. The quantitative estimate of drug-likeness (QED) is 0.340. The van der Waals surface area contributed by atoms with Gasteiger partial charge in [-0.1, -0.05) is 11.6 Å². The molecule has 0 aromatic heterocycles. The maximum atomic E-state index is 7.55. The van der Waals surface area contributed by atoms with Crippen molar-refractivity contribution in [3.8, 4) is 0 Å². The first kappa shape index (κ1) is 18.9. The summed E-state index contributed by atoms with van der Waals surface area (Å²) in [5.41, 5.74) is 7.34. The summed E-state index contributed by atoms with van der Waals surface area (Å²) in [6.45, 7) is 0. The SMILES string of the molecule is B1C2=C1C1C3CC4CC5C6C7C8C9C%10CCC%11C%10C9%10C9SC9C89C8OC8C7(C7BC7C16C435)C2C1OC1C9C1OC1C%11%10. The topological polar surface area (TPSA) is 37.6 Å². The minimum Gasteiger partial charge on any atom is -0.369 e. The third kappa shape index (κ3) is 1.14. The Balaban J connectivity index is 1.00. The van der Waals surface area contributed by atoms with E-state index in [9.17, 15) is 0 Å². The van der Waals surface area contributed by atoms with Crippen LogP contribution in [0.3, 0.4) is 0 Å². The van der Waals surface area contributed by atoms with Crippen LogP contribution in [0.25, 0.3) is 0 Å². The average molecular weight is 556 g/mol. The van der Waals surface area contributed by atoms with Crippen molar-refractivity contribution < 1.29 is 14.2 Å². The molecule has 22 rings (SSSR count). The number of thioether (sulfide) groups is 1. The first-order valence-electron chi connectivity index (χ1n) is 18.6. The number of ether oxygens (including phenoxy) is 3. The highest BCUT2D eigenvalue weighted by Gasteiger charge is 3.07. The van der Waals surface area contributed by atoms with Crippen LogP contribution >= 0.6 is 11.8 Å². The van der Waals surface area contributed by atoms with Gasteiger partial charge in [-0.25, -0.2) is 0 Å². The Morgan fingerprint density at radius 3 is 2.32 bits per heavy atom. The van der Waals surface area contributed by atoms with Gasteiger partial charge in [-0.05, 0) is 113 Å². The lowest BCUT2D eigenvalue weighted by Crippen LogP contribution is -2.96. The largest absolute Gasteiger partial charge is 0.369 e. The molecule has 3 nitrogen and oxygen atoms in total. The lowest BCUT2D eigenvalue weighted by molar-refractivity contribution is -0.515. The standard InChI is InChI=1S/C35H34B2O3S/c1-2-7-10-6(1)11-15-16-13-8-3-5-4-9-14-19-20(36-19)17-22-24(39-22)18-23-21(38-23)12(7)31(10,11)29-30(41-29)33(15,18)28-27(40-28)32(16,17)25-26(37-25)35(13,14)34(5,8)9/h5-18,21-30,36-37H,1-4H2. The fourth-order valence-electron chi connectivity index (χ4n) is 23.3. The van der Waals surface area contributed by atoms with Crippen molar-refractivity contribution >= 4 is 26.3 Å². The van der Waals surface area contributed by atoms with Crippen LogP contribution < -0.4 is 0 Å². The summed E-state index contributed by atoms with van der Waals surface area (Å²) >= 11 is 2.55. The summed E-state index contributed by atoms with van der Waals surface area (Å²) < 4.78 is 22.0. The van der Waals surface area contributed by atoms with Gasteiger partial charge in [-0.3, -0.25) is 0 Å². The van der Waals surface area contributed by atoms with Crippen LogP contribution in [0.2, 0.25) is 11.6 Å². The Bertz CT molecular complexity index is 1730. The van der Waals surface area contributed by atoms with Gasteiger partial charge in [0.05, 0.1) is 36.6 Å². The lowest BCUT2D eigenvalue weighted by Gasteiger charge is -3.00. The van der Waals surface area contributed by atoms with E-state index in [0.29, 0.717) is 58.8 Å². The molecular formula is C35H34B2O3S. The molecule has 22 aliphatic rings. The van der Waals surface area contributed by atoms with Crippen LogP contribution in [-0.2, 0) is 14.2 Å². The average Bonchev–Trinajstić information content (AvgIpc) is 3.67. The molecule has 29 atom stereocenters. The van der Waals surface area contributed by atoms with Gasteiger partial charge in [0.15, 0.2) is 7.28 Å². The summed E-state index contributed by atoms with van der Waals surface area (Å²) in [5.74, 6) is 16.3. The first-order chi connectivity index (χ1) is 20.3. The minimum atomic E-state index is 0.407. The molecule has 0 amide bonds. The number of hydrogen-bond acceptors (Lipinski definition) is 4. The van der Waals surface area contributed by atoms with Gasteiger partial charge in [0, 0.05) is 33.2 Å². The smallest absolute Gasteiger partial charge is 0.180 e. The van der Waals surface area contributed by atoms with E-state index in [-0.39, 0.29) is 0 Å². The summed E-state index contributed by atoms with van der Waals surface area (Å²) in [5, 5.41) is 1.88. The molecule has 8 bridgehead atoms. The highest BCUT2D eigenvalue weighted by molar-refractivity contribution is 8.07. The maximum Gasteiger partial charge on any atom is 0.180 e. The molecule has 19 fully saturated rings. The first-order valence-corrected chi connectivity index (χ1v) is 19.6. The Morgan fingerprint density at radius 1 is 0.610 bits per heavy atom. The van der Waals surface area contributed by atoms with Gasteiger partial charge in [0.25, 0.3) is 0 Å². The molecule has 0 aromatic carbocycles. The third-order valence-corrected chi connectivity index (χ3v) is 24.0. The van der Waals surface area contributed by atoms with Crippen molar-refractivity contribution in [2.45, 2.75) is 84.4 Å². The maximum absolute atomic E-state index is 7.55. The number of epoxide rings is 3. The third-order valence-electron chi connectivity index (χ3n) is 22.4. The molecule has 6 aliphatic heterocycles. The van der Waals surface area contributed by atoms with Crippen molar-refractivity contribution in [3.63, 3.8) is 0 Å². The van der Waals surface area contributed by atoms with E-state index in [4.69, 9.17) is 14.2 Å². The summed E-state index contributed by atoms with van der Waals surface area (Å²) in [6, 6.07) is 0. The predicted molar refractivity (Wildman–Crippen MR) is 149 cm³/mol. The highest BCUT2D eigenvalue weighted by atomic mass is 32.2. The fraction of sp³-hybridized carbons (Fsp3) is 0.943. The summed E-state index contributed by atoms with van der Waals surface area (Å²) in [7, 11) is 3.05. The van der Waals surface area contributed by atoms with E-state index in [0.717, 1.165) is 110 Å². The normalized spacial score (nSPS) is 93.9. The molecule has 41 heavy (non-hydrogen) atoms. The predicted octanol–water partition coefficient (Wildman–Crippen LogP) is 2.76. The minimum absolute atomic E-state index is 0.407. The summed E-state index contributed by atoms with van der Waals surface area (Å²) in [4.78, 5) is 0. The van der Waals surface area contributed by atoms with Gasteiger partial charge in [0.1, 0.15) is 7.28 Å². The molecule has 0 radical (unpaired) electrons. The second kappa shape index (κ2) is 4.40. The molecule has 16 aliphatic carbocycles. The second-order valence-corrected chi connectivity index (χ2v) is 21.8. The zero-order valence-electron chi connectivity index (χ0n) is 23.2. The van der Waals surface area contributed by atoms with Crippen LogP contribution in [0.5, 0.6) is 0 Å². The van der Waals surface area contributed by atoms with Crippen molar-refractivity contribution in [1.82, 2.24) is 0 Å². The molecule has 29 unspecified atom stereocenters. The van der Waals surface area contributed by atoms with Crippen LogP contribution in [0, 0.1) is 110 Å². The highest BCUT2D eigenvalue weighted by Crippen LogP contribution is 3.09. The summed E-state index contributed by atoms with van der Waals surface area (Å²) in [6.07, 6.45) is 9.80. The number of allylic oxidation sites excluding steroid dienone is 1. The van der Waals surface area contributed by atoms with Crippen LogP contribution in [-0.4, -0.2) is 61.7 Å². The van der Waals surface area contributed by atoms with E-state index < -0.39 is 0 Å². The molecular weight excluding hydrogens is 522 g/mol. The van der Waals surface area contributed by atoms with Gasteiger partial charge < -0.3 is 14.2 Å². The van der Waals surface area contributed by atoms with Gasteiger partial charge in [0.2, 0.25) is 0 Å². The Kier molecular flexibility index (Phi) is 2.03. The van der Waals surface area contributed by atoms with Gasteiger partial charge >= 0.3 is 0 Å². The van der Waals surface area contributed by atoms with Crippen LogP contribution in [0.1, 0.15) is 25.7 Å². The second-order valence-electron chi connectivity index (χ2n) is 20.5. The molecule has 14 saturated carbocycles. The molecule has 6 heteroatoms. The Labute approximate surface area is 245 Å². The van der Waals surface area contributed by atoms with E-state index in [2.05, 4.69) is 17.2 Å². The van der Waals surface area contributed by atoms with Crippen LogP contribution in [0.4, 0.5) is 0 Å². The molecule has 5 spiro atoms. The Hall–Kier alpha value is 0.0999. The molecule has 0 N–H and O–H groups in total. The van der Waals surface area contributed by atoms with Crippen LogP contribution in [0.15, 0.2) is 10.9 Å². The van der Waals surface area contributed by atoms with Crippen molar-refractivity contribution in [1.29, 1.82) is 0 Å². The van der Waals surface area contributed by atoms with Crippen molar-refractivity contribution in [3.05, 3.63) is 10.9 Å². The molecule has 204 valence electrons.